The van der Waals surface area contributed by atoms with Crippen molar-refractivity contribution < 1.29 is 9.47 Å². The van der Waals surface area contributed by atoms with E-state index in [1.54, 1.807) is 14.2 Å². The van der Waals surface area contributed by atoms with Crippen molar-refractivity contribution in [3.05, 3.63) is 24.3 Å². The summed E-state index contributed by atoms with van der Waals surface area (Å²) in [6, 6.07) is 7.87. The molecule has 16 heavy (non-hydrogen) atoms. The van der Waals surface area contributed by atoms with Crippen molar-refractivity contribution in [3.63, 3.8) is 0 Å². The second-order valence-corrected chi connectivity index (χ2v) is 3.38. The molecule has 2 rings (SSSR count). The van der Waals surface area contributed by atoms with Gasteiger partial charge in [0.2, 0.25) is 5.95 Å². The standard InChI is InChI=1S/C11H15N3O2/c1-15-10(16-2)7-12-11-13-8-5-3-4-6-9(8)14-11/h3-6,10H,7H2,1-2H3,(H2,12,13,14). The molecule has 0 bridgehead atoms. The van der Waals surface area contributed by atoms with E-state index in [4.69, 9.17) is 9.47 Å². The SMILES string of the molecule is COC(CNc1nc2ccccc2[nH]1)OC. The predicted octanol–water partition coefficient (Wildman–Crippen LogP) is 1.59. The lowest BCUT2D eigenvalue weighted by Gasteiger charge is -2.13. The van der Waals surface area contributed by atoms with Crippen LogP contribution >= 0.6 is 0 Å². The van der Waals surface area contributed by atoms with Crippen molar-refractivity contribution >= 4 is 17.0 Å². The van der Waals surface area contributed by atoms with E-state index in [-0.39, 0.29) is 6.29 Å². The first-order valence-electron chi connectivity index (χ1n) is 5.07. The minimum Gasteiger partial charge on any atom is -0.354 e. The fourth-order valence-electron chi connectivity index (χ4n) is 1.48. The Bertz CT molecular complexity index is 418. The van der Waals surface area contributed by atoms with Gasteiger partial charge < -0.3 is 19.8 Å². The smallest absolute Gasteiger partial charge is 0.201 e. The molecule has 0 fully saturated rings. The van der Waals surface area contributed by atoms with Crippen LogP contribution in [0.1, 0.15) is 0 Å². The van der Waals surface area contributed by atoms with Gasteiger partial charge >= 0.3 is 0 Å². The summed E-state index contributed by atoms with van der Waals surface area (Å²) in [6.07, 6.45) is -0.270. The number of rotatable bonds is 5. The molecule has 2 N–H and O–H groups in total. The monoisotopic (exact) mass is 221 g/mol. The van der Waals surface area contributed by atoms with Crippen LogP contribution < -0.4 is 5.32 Å². The van der Waals surface area contributed by atoms with Crippen molar-refractivity contribution in [3.8, 4) is 0 Å². The number of para-hydroxylation sites is 2. The van der Waals surface area contributed by atoms with Crippen LogP contribution in [0.3, 0.4) is 0 Å². The van der Waals surface area contributed by atoms with Crippen molar-refractivity contribution in [2.24, 2.45) is 0 Å². The molecule has 1 aromatic heterocycles. The van der Waals surface area contributed by atoms with Crippen LogP contribution in [0.5, 0.6) is 0 Å². The number of hydrogen-bond donors (Lipinski definition) is 2. The third-order valence-electron chi connectivity index (χ3n) is 2.35. The zero-order chi connectivity index (χ0) is 11.4. The molecule has 0 aliphatic carbocycles. The van der Waals surface area contributed by atoms with Gasteiger partial charge in [0, 0.05) is 14.2 Å². The lowest BCUT2D eigenvalue weighted by atomic mass is 10.3. The minimum atomic E-state index is -0.270. The lowest BCUT2D eigenvalue weighted by molar-refractivity contribution is -0.0914. The number of fused-ring (bicyclic) bond motifs is 1. The average molecular weight is 221 g/mol. The topological polar surface area (TPSA) is 59.2 Å². The summed E-state index contributed by atoms with van der Waals surface area (Å²) in [5, 5.41) is 3.12. The molecule has 5 heteroatoms. The molecule has 0 aliphatic heterocycles. The number of anilines is 1. The normalized spacial score (nSPS) is 11.2. The van der Waals surface area contributed by atoms with E-state index >= 15 is 0 Å². The van der Waals surface area contributed by atoms with E-state index in [0.717, 1.165) is 17.0 Å². The van der Waals surface area contributed by atoms with E-state index < -0.39 is 0 Å². The molecule has 0 aliphatic rings. The Hall–Kier alpha value is -1.59. The van der Waals surface area contributed by atoms with Gasteiger partial charge in [0.05, 0.1) is 17.6 Å². The highest BCUT2D eigenvalue weighted by Crippen LogP contribution is 2.13. The predicted molar refractivity (Wildman–Crippen MR) is 62.4 cm³/mol. The number of H-pyrrole nitrogens is 1. The summed E-state index contributed by atoms with van der Waals surface area (Å²) >= 11 is 0. The Balaban J connectivity index is 2.04. The van der Waals surface area contributed by atoms with E-state index in [1.807, 2.05) is 24.3 Å². The van der Waals surface area contributed by atoms with Crippen LogP contribution in [0.2, 0.25) is 0 Å². The highest BCUT2D eigenvalue weighted by atomic mass is 16.7. The minimum absolute atomic E-state index is 0.270. The van der Waals surface area contributed by atoms with Gasteiger partial charge in [-0.25, -0.2) is 4.98 Å². The number of nitrogens with zero attached hydrogens (tertiary/aromatic N) is 1. The fourth-order valence-corrected chi connectivity index (χ4v) is 1.48. The Kier molecular flexibility index (Phi) is 3.38. The molecule has 0 unspecified atom stereocenters. The first-order valence-corrected chi connectivity index (χ1v) is 5.07. The summed E-state index contributed by atoms with van der Waals surface area (Å²) in [4.78, 5) is 7.54. The summed E-state index contributed by atoms with van der Waals surface area (Å²) in [5.41, 5.74) is 1.95. The number of methoxy groups -OCH3 is 2. The van der Waals surface area contributed by atoms with Crippen LogP contribution in [0.4, 0.5) is 5.95 Å². The highest BCUT2D eigenvalue weighted by Gasteiger charge is 2.06. The zero-order valence-electron chi connectivity index (χ0n) is 9.36. The molecule has 0 saturated carbocycles. The summed E-state index contributed by atoms with van der Waals surface area (Å²) in [5.74, 6) is 0.722. The third-order valence-corrected chi connectivity index (χ3v) is 2.35. The van der Waals surface area contributed by atoms with Crippen molar-refractivity contribution in [1.82, 2.24) is 9.97 Å². The zero-order valence-corrected chi connectivity index (χ0v) is 9.36. The molecule has 5 nitrogen and oxygen atoms in total. The van der Waals surface area contributed by atoms with Crippen molar-refractivity contribution in [2.75, 3.05) is 26.1 Å². The van der Waals surface area contributed by atoms with E-state index in [2.05, 4.69) is 15.3 Å². The van der Waals surface area contributed by atoms with Gasteiger partial charge in [-0.3, -0.25) is 0 Å². The van der Waals surface area contributed by atoms with Crippen molar-refractivity contribution in [1.29, 1.82) is 0 Å². The molecular formula is C11H15N3O2. The Morgan fingerprint density at radius 3 is 2.75 bits per heavy atom. The Morgan fingerprint density at radius 1 is 1.31 bits per heavy atom. The Morgan fingerprint density at radius 2 is 2.06 bits per heavy atom. The van der Waals surface area contributed by atoms with Gasteiger partial charge in [-0.15, -0.1) is 0 Å². The number of aromatic amines is 1. The van der Waals surface area contributed by atoms with Gasteiger partial charge in [-0.1, -0.05) is 12.1 Å². The van der Waals surface area contributed by atoms with E-state index in [1.165, 1.54) is 0 Å². The fraction of sp³-hybridized carbons (Fsp3) is 0.364. The number of imidazole rings is 1. The number of aromatic nitrogens is 2. The van der Waals surface area contributed by atoms with Crippen LogP contribution in [-0.4, -0.2) is 37.0 Å². The van der Waals surface area contributed by atoms with Crippen LogP contribution in [0.25, 0.3) is 11.0 Å². The molecule has 0 atom stereocenters. The second kappa shape index (κ2) is 4.96. The molecule has 2 aromatic rings. The van der Waals surface area contributed by atoms with Crippen LogP contribution in [-0.2, 0) is 9.47 Å². The van der Waals surface area contributed by atoms with Gasteiger partial charge in [0.15, 0.2) is 6.29 Å². The average Bonchev–Trinajstić information content (AvgIpc) is 2.73. The second-order valence-electron chi connectivity index (χ2n) is 3.38. The quantitative estimate of drug-likeness (QED) is 0.753. The lowest BCUT2D eigenvalue weighted by Crippen LogP contribution is -2.23. The van der Waals surface area contributed by atoms with Gasteiger partial charge in [-0.2, -0.15) is 0 Å². The first-order chi connectivity index (χ1) is 7.83. The number of ether oxygens (including phenoxy) is 2. The van der Waals surface area contributed by atoms with Gasteiger partial charge in [-0.05, 0) is 12.1 Å². The largest absolute Gasteiger partial charge is 0.354 e. The van der Waals surface area contributed by atoms with E-state index in [9.17, 15) is 0 Å². The molecular weight excluding hydrogens is 206 g/mol. The summed E-state index contributed by atoms with van der Waals surface area (Å²) in [7, 11) is 3.21. The molecule has 0 amide bonds. The maximum absolute atomic E-state index is 5.07. The number of nitrogens with one attached hydrogen (secondary N) is 2. The van der Waals surface area contributed by atoms with Crippen molar-refractivity contribution in [2.45, 2.75) is 6.29 Å². The molecule has 1 heterocycles. The molecule has 0 spiro atoms. The molecule has 86 valence electrons. The van der Waals surface area contributed by atoms with Gasteiger partial charge in [0.25, 0.3) is 0 Å². The first kappa shape index (κ1) is 10.9. The number of hydrogen-bond acceptors (Lipinski definition) is 4. The molecule has 0 saturated heterocycles. The number of benzene rings is 1. The molecule has 0 radical (unpaired) electrons. The highest BCUT2D eigenvalue weighted by molar-refractivity contribution is 5.77. The van der Waals surface area contributed by atoms with E-state index in [0.29, 0.717) is 6.54 Å². The van der Waals surface area contributed by atoms with Crippen LogP contribution in [0.15, 0.2) is 24.3 Å². The summed E-state index contributed by atoms with van der Waals surface area (Å²) < 4.78 is 10.1. The summed E-state index contributed by atoms with van der Waals surface area (Å²) in [6.45, 7) is 0.548. The third kappa shape index (κ3) is 2.32. The van der Waals surface area contributed by atoms with Crippen LogP contribution in [0, 0.1) is 0 Å². The Labute approximate surface area is 93.8 Å². The molecule has 1 aromatic carbocycles. The van der Waals surface area contributed by atoms with Gasteiger partial charge in [0.1, 0.15) is 0 Å². The maximum atomic E-state index is 5.07. The maximum Gasteiger partial charge on any atom is 0.201 e.